The van der Waals surface area contributed by atoms with Crippen LogP contribution in [0.5, 0.6) is 0 Å². The first-order valence-electron chi connectivity index (χ1n) is 15.4. The zero-order valence-corrected chi connectivity index (χ0v) is 33.0. The summed E-state index contributed by atoms with van der Waals surface area (Å²) in [5, 5.41) is 0. The third kappa shape index (κ3) is 7.56. The summed E-state index contributed by atoms with van der Waals surface area (Å²) in [4.78, 5) is 0. The van der Waals surface area contributed by atoms with Crippen LogP contribution in [0.4, 0.5) is 0 Å². The number of halogens is 2. The Bertz CT molecular complexity index is 1110. The molecule has 0 saturated heterocycles. The van der Waals surface area contributed by atoms with E-state index < -0.39 is 20.9 Å². The second-order valence-electron chi connectivity index (χ2n) is 13.1. The molecule has 2 atom stereocenters. The van der Waals surface area contributed by atoms with Crippen molar-refractivity contribution in [2.24, 2.45) is 0 Å². The van der Waals surface area contributed by atoms with Crippen LogP contribution < -0.4 is 24.8 Å². The summed E-state index contributed by atoms with van der Waals surface area (Å²) in [6.45, 7) is 30.7. The predicted octanol–water partition coefficient (Wildman–Crippen LogP) is 4.97. The fraction of sp³-hybridized carbons (Fsp3) is 0.556. The SMILES string of the molecule is CCC.C[SiH2][Zr+2]([CH]1C(C)=Cc2c(C(C)C)cc(C(C)C)cc21)[CH]1C(C)=Cc2c(C(C)C)cc(C(C)C)cc21.[Cl-].[Cl-]. The largest absolute Gasteiger partial charge is 1.00 e. The Morgan fingerprint density at radius 3 is 1.20 bits per heavy atom. The third-order valence-corrected chi connectivity index (χ3v) is 27.6. The van der Waals surface area contributed by atoms with E-state index in [4.69, 9.17) is 0 Å². The Kier molecular flexibility index (Phi) is 14.9. The number of fused-ring (bicyclic) bond motifs is 2. The Labute approximate surface area is 269 Å². The second kappa shape index (κ2) is 15.9. The molecule has 0 spiro atoms. The molecule has 0 radical (unpaired) electrons. The average Bonchev–Trinajstić information content (AvgIpc) is 3.34. The van der Waals surface area contributed by atoms with Gasteiger partial charge in [-0.2, -0.15) is 0 Å². The van der Waals surface area contributed by atoms with Gasteiger partial charge in [-0.3, -0.25) is 0 Å². The predicted molar refractivity (Wildman–Crippen MR) is 172 cm³/mol. The normalized spacial score (nSPS) is 17.4. The molecule has 4 rings (SSSR count). The van der Waals surface area contributed by atoms with Gasteiger partial charge in [0, 0.05) is 0 Å². The Morgan fingerprint density at radius 1 is 0.625 bits per heavy atom. The molecule has 0 aromatic heterocycles. The molecule has 0 nitrogen and oxygen atoms in total. The first-order chi connectivity index (χ1) is 17.9. The van der Waals surface area contributed by atoms with Crippen LogP contribution in [0.15, 0.2) is 35.4 Å². The molecule has 2 unspecified atom stereocenters. The van der Waals surface area contributed by atoms with Crippen molar-refractivity contribution in [2.45, 2.75) is 127 Å². The fourth-order valence-electron chi connectivity index (χ4n) is 6.55. The van der Waals surface area contributed by atoms with Crippen molar-refractivity contribution in [3.8, 4) is 0 Å². The molecule has 0 saturated carbocycles. The number of rotatable bonds is 7. The van der Waals surface area contributed by atoms with E-state index in [2.05, 4.69) is 126 Å². The molecule has 2 aromatic rings. The van der Waals surface area contributed by atoms with E-state index in [9.17, 15) is 0 Å². The van der Waals surface area contributed by atoms with E-state index >= 15 is 0 Å². The van der Waals surface area contributed by atoms with Crippen LogP contribution in [0.25, 0.3) is 12.2 Å². The van der Waals surface area contributed by atoms with Gasteiger partial charge in [-0.05, 0) is 0 Å². The molecule has 0 aliphatic heterocycles. The maximum absolute atomic E-state index is 2.65. The van der Waals surface area contributed by atoms with Gasteiger partial charge < -0.3 is 24.8 Å². The second-order valence-corrected chi connectivity index (χ2v) is 29.5. The summed E-state index contributed by atoms with van der Waals surface area (Å²) >= 11 is -1.87. The monoisotopic (exact) mass is 675 g/mol. The van der Waals surface area contributed by atoms with Crippen LogP contribution in [-0.4, -0.2) is 6.65 Å². The molecule has 4 heteroatoms. The Balaban J connectivity index is 0.00000153. The van der Waals surface area contributed by atoms with E-state index in [1.807, 2.05) is 0 Å². The molecule has 2 aliphatic carbocycles. The Morgan fingerprint density at radius 2 is 0.950 bits per heavy atom. The first-order valence-corrected chi connectivity index (χ1v) is 25.6. The molecular formula is C36H55Cl2SiZr. The topological polar surface area (TPSA) is 0 Å². The minimum Gasteiger partial charge on any atom is -1.00 e. The molecular weight excluding hydrogens is 623 g/mol. The smallest absolute Gasteiger partial charge is 1.00 e. The van der Waals surface area contributed by atoms with Crippen molar-refractivity contribution in [1.29, 1.82) is 0 Å². The maximum Gasteiger partial charge on any atom is -1.00 e. The average molecular weight is 678 g/mol. The van der Waals surface area contributed by atoms with Crippen molar-refractivity contribution in [3.05, 3.63) is 79.9 Å². The van der Waals surface area contributed by atoms with Crippen LogP contribution in [0.1, 0.15) is 165 Å². The molecule has 2 aromatic carbocycles. The summed E-state index contributed by atoms with van der Waals surface area (Å²) in [6, 6.07) is 10.3. The van der Waals surface area contributed by atoms with Crippen molar-refractivity contribution in [2.75, 3.05) is 0 Å². The van der Waals surface area contributed by atoms with Gasteiger partial charge in [-0.25, -0.2) is 0 Å². The van der Waals surface area contributed by atoms with E-state index in [0.29, 0.717) is 23.7 Å². The van der Waals surface area contributed by atoms with Crippen molar-refractivity contribution in [1.82, 2.24) is 0 Å². The molecule has 0 heterocycles. The van der Waals surface area contributed by atoms with E-state index in [1.54, 1.807) is 55.7 Å². The van der Waals surface area contributed by atoms with Gasteiger partial charge in [0.1, 0.15) is 0 Å². The molecule has 0 N–H and O–H groups in total. The zero-order valence-electron chi connectivity index (χ0n) is 27.6. The van der Waals surface area contributed by atoms with Crippen molar-refractivity contribution in [3.63, 3.8) is 0 Å². The maximum atomic E-state index is 2.65. The van der Waals surface area contributed by atoms with Gasteiger partial charge in [0.15, 0.2) is 0 Å². The number of benzene rings is 2. The summed E-state index contributed by atoms with van der Waals surface area (Å²) in [5.41, 5.74) is 16.2. The molecule has 40 heavy (non-hydrogen) atoms. The number of hydrogen-bond acceptors (Lipinski definition) is 0. The Hall–Kier alpha value is -0.400. The zero-order chi connectivity index (χ0) is 28.5. The molecule has 0 amide bonds. The van der Waals surface area contributed by atoms with Gasteiger partial charge in [-0.1, -0.05) is 20.3 Å². The van der Waals surface area contributed by atoms with Crippen molar-refractivity contribution < 1.29 is 45.7 Å². The minimum atomic E-state index is -1.87. The van der Waals surface area contributed by atoms with Crippen LogP contribution in [-0.2, 0) is 20.9 Å². The number of hydrogen-bond donors (Lipinski definition) is 0. The summed E-state index contributed by atoms with van der Waals surface area (Å²) in [5.74, 6) is 2.32. The van der Waals surface area contributed by atoms with E-state index in [-0.39, 0.29) is 31.5 Å². The quantitative estimate of drug-likeness (QED) is 0.364. The van der Waals surface area contributed by atoms with Crippen LogP contribution in [0.2, 0.25) is 6.55 Å². The fourth-order valence-corrected chi connectivity index (χ4v) is 27.0. The van der Waals surface area contributed by atoms with Crippen molar-refractivity contribution >= 4 is 18.8 Å². The minimum absolute atomic E-state index is 0. The molecule has 0 bridgehead atoms. The first kappa shape index (κ1) is 37.6. The summed E-state index contributed by atoms with van der Waals surface area (Å²) < 4.78 is 1.51. The summed E-state index contributed by atoms with van der Waals surface area (Å²) in [6.07, 6.45) is 6.45. The standard InChI is InChI=1S/2C16H21.C3H8.CH5Si.2ClH.Zr/c2*1-10(2)13-8-14-6-12(5)7-16(14)15(9-13)11(3)4;1-3-2;1-2;;;/h2*6-11H,1-5H3;3H2,1-2H3;2H2,1H3;2*1H;/q;;;;;;+2/p-2. The van der Waals surface area contributed by atoms with Gasteiger partial charge in [0.25, 0.3) is 0 Å². The third-order valence-electron chi connectivity index (χ3n) is 8.54. The van der Waals surface area contributed by atoms with Gasteiger partial charge in [0.05, 0.1) is 0 Å². The van der Waals surface area contributed by atoms with Crippen LogP contribution >= 0.6 is 0 Å². The number of allylic oxidation sites excluding steroid dienone is 2. The van der Waals surface area contributed by atoms with Gasteiger partial charge in [-0.15, -0.1) is 0 Å². The van der Waals surface area contributed by atoms with Gasteiger partial charge in [0.2, 0.25) is 0 Å². The molecule has 2 aliphatic rings. The summed E-state index contributed by atoms with van der Waals surface area (Å²) in [7, 11) is 0. The molecule has 221 valence electrons. The van der Waals surface area contributed by atoms with Crippen LogP contribution in [0.3, 0.4) is 0 Å². The molecule has 0 fully saturated rings. The van der Waals surface area contributed by atoms with Gasteiger partial charge >= 0.3 is 226 Å². The van der Waals surface area contributed by atoms with E-state index in [1.165, 1.54) is 6.42 Å². The van der Waals surface area contributed by atoms with Crippen LogP contribution in [0, 0.1) is 0 Å². The van der Waals surface area contributed by atoms with E-state index in [0.717, 1.165) is 7.25 Å².